The van der Waals surface area contributed by atoms with E-state index in [1.165, 1.54) is 0 Å². The highest BCUT2D eigenvalue weighted by molar-refractivity contribution is 5.62. The van der Waals surface area contributed by atoms with E-state index in [1.54, 1.807) is 0 Å². The van der Waals surface area contributed by atoms with E-state index in [1.807, 2.05) is 27.0 Å². The van der Waals surface area contributed by atoms with Crippen LogP contribution < -0.4 is 5.32 Å². The summed E-state index contributed by atoms with van der Waals surface area (Å²) in [6.45, 7) is 10.2. The first-order chi connectivity index (χ1) is 8.82. The Morgan fingerprint density at radius 2 is 1.84 bits per heavy atom. The Morgan fingerprint density at radius 3 is 2.32 bits per heavy atom. The first kappa shape index (κ1) is 13.5. The summed E-state index contributed by atoms with van der Waals surface area (Å²) in [5, 5.41) is 7.04. The van der Waals surface area contributed by atoms with Gasteiger partial charge in [-0.25, -0.2) is 9.97 Å². The first-order valence-electron chi connectivity index (χ1n) is 6.33. The van der Waals surface area contributed by atoms with Crippen molar-refractivity contribution in [1.29, 1.82) is 0 Å². The predicted molar refractivity (Wildman–Crippen MR) is 75.2 cm³/mol. The Hall–Kier alpha value is -1.91. The molecule has 0 spiro atoms. The Morgan fingerprint density at radius 1 is 1.16 bits per heavy atom. The van der Waals surface area contributed by atoms with Crippen molar-refractivity contribution in [2.75, 3.05) is 12.4 Å². The number of nitrogens with zero attached hydrogens (tertiary/aromatic N) is 3. The van der Waals surface area contributed by atoms with Crippen molar-refractivity contribution in [2.45, 2.75) is 40.0 Å². The molecule has 0 bridgehead atoms. The van der Waals surface area contributed by atoms with Gasteiger partial charge in [-0.15, -0.1) is 0 Å². The number of rotatable bonds is 2. The zero-order valence-corrected chi connectivity index (χ0v) is 12.3. The Kier molecular flexibility index (Phi) is 3.30. The van der Waals surface area contributed by atoms with Gasteiger partial charge in [0.2, 0.25) is 0 Å². The number of hydrogen-bond donors (Lipinski definition) is 1. The molecule has 0 saturated heterocycles. The van der Waals surface area contributed by atoms with Gasteiger partial charge in [-0.1, -0.05) is 25.9 Å². The lowest BCUT2D eigenvalue weighted by Crippen LogP contribution is -2.15. The molecule has 2 aromatic rings. The molecule has 1 N–H and O–H groups in total. The van der Waals surface area contributed by atoms with E-state index in [-0.39, 0.29) is 5.41 Å². The summed E-state index contributed by atoms with van der Waals surface area (Å²) in [6.07, 6.45) is 0. The zero-order chi connectivity index (χ0) is 14.2. The molecule has 2 rings (SSSR count). The van der Waals surface area contributed by atoms with E-state index in [0.717, 1.165) is 28.5 Å². The van der Waals surface area contributed by atoms with Gasteiger partial charge >= 0.3 is 0 Å². The molecule has 2 heterocycles. The maximum atomic E-state index is 5.20. The van der Waals surface area contributed by atoms with Gasteiger partial charge in [0.15, 0.2) is 5.82 Å². The van der Waals surface area contributed by atoms with Gasteiger partial charge in [0.25, 0.3) is 0 Å². The third-order valence-corrected chi connectivity index (χ3v) is 3.01. The van der Waals surface area contributed by atoms with Gasteiger partial charge in [0.05, 0.1) is 17.0 Å². The largest absolute Gasteiger partial charge is 0.373 e. The van der Waals surface area contributed by atoms with Crippen LogP contribution in [-0.4, -0.2) is 22.2 Å². The molecule has 0 atom stereocenters. The number of aromatic nitrogens is 3. The number of nitrogens with one attached hydrogen (secondary N) is 1. The van der Waals surface area contributed by atoms with E-state index >= 15 is 0 Å². The quantitative estimate of drug-likeness (QED) is 0.899. The second kappa shape index (κ2) is 4.64. The molecule has 0 aliphatic rings. The van der Waals surface area contributed by atoms with Crippen molar-refractivity contribution in [3.63, 3.8) is 0 Å². The Balaban J connectivity index is 2.64. The van der Waals surface area contributed by atoms with Gasteiger partial charge in [-0.05, 0) is 13.8 Å². The average Bonchev–Trinajstić information content (AvgIpc) is 2.67. The van der Waals surface area contributed by atoms with Crippen LogP contribution in [0.25, 0.3) is 11.4 Å². The van der Waals surface area contributed by atoms with Crippen LogP contribution in [0.1, 0.15) is 37.9 Å². The molecular weight excluding hydrogens is 240 g/mol. The third-order valence-electron chi connectivity index (χ3n) is 3.01. The molecule has 0 aromatic carbocycles. The van der Waals surface area contributed by atoms with Crippen molar-refractivity contribution in [3.05, 3.63) is 23.2 Å². The maximum Gasteiger partial charge on any atom is 0.167 e. The van der Waals surface area contributed by atoms with Crippen molar-refractivity contribution < 1.29 is 4.52 Å². The van der Waals surface area contributed by atoms with E-state index < -0.39 is 0 Å². The van der Waals surface area contributed by atoms with Crippen LogP contribution in [0.5, 0.6) is 0 Å². The predicted octanol–water partition coefficient (Wildman–Crippen LogP) is 3.09. The molecule has 5 nitrogen and oxygen atoms in total. The van der Waals surface area contributed by atoms with Crippen LogP contribution in [-0.2, 0) is 5.41 Å². The second-order valence-corrected chi connectivity index (χ2v) is 5.66. The van der Waals surface area contributed by atoms with Crippen molar-refractivity contribution in [3.8, 4) is 11.4 Å². The van der Waals surface area contributed by atoms with Crippen LogP contribution in [0.2, 0.25) is 0 Å². The van der Waals surface area contributed by atoms with Crippen LogP contribution in [0, 0.1) is 13.8 Å². The fraction of sp³-hybridized carbons (Fsp3) is 0.500. The summed E-state index contributed by atoms with van der Waals surface area (Å²) < 4.78 is 5.20. The monoisotopic (exact) mass is 260 g/mol. The average molecular weight is 260 g/mol. The van der Waals surface area contributed by atoms with E-state index in [9.17, 15) is 0 Å². The van der Waals surface area contributed by atoms with E-state index in [0.29, 0.717) is 5.82 Å². The normalized spacial score (nSPS) is 11.7. The lowest BCUT2D eigenvalue weighted by atomic mass is 9.91. The number of hydrogen-bond acceptors (Lipinski definition) is 5. The third kappa shape index (κ3) is 2.59. The highest BCUT2D eigenvalue weighted by Gasteiger charge is 2.21. The summed E-state index contributed by atoms with van der Waals surface area (Å²) in [4.78, 5) is 9.17. The van der Waals surface area contributed by atoms with Crippen molar-refractivity contribution in [2.24, 2.45) is 0 Å². The molecule has 19 heavy (non-hydrogen) atoms. The fourth-order valence-corrected chi connectivity index (χ4v) is 1.87. The minimum Gasteiger partial charge on any atom is -0.373 e. The second-order valence-electron chi connectivity index (χ2n) is 5.66. The summed E-state index contributed by atoms with van der Waals surface area (Å²) in [6, 6.07) is 1.97. The van der Waals surface area contributed by atoms with Gasteiger partial charge < -0.3 is 9.84 Å². The van der Waals surface area contributed by atoms with E-state index in [4.69, 9.17) is 4.52 Å². The van der Waals surface area contributed by atoms with Crippen LogP contribution in [0.4, 0.5) is 5.82 Å². The zero-order valence-electron chi connectivity index (χ0n) is 12.3. The summed E-state index contributed by atoms with van der Waals surface area (Å²) in [5.74, 6) is 2.20. The molecular formula is C14H20N4O. The van der Waals surface area contributed by atoms with Gasteiger partial charge in [-0.3, -0.25) is 0 Å². The molecule has 2 aromatic heterocycles. The summed E-state index contributed by atoms with van der Waals surface area (Å²) >= 11 is 0. The molecule has 0 unspecified atom stereocenters. The minimum atomic E-state index is -0.0394. The highest BCUT2D eigenvalue weighted by atomic mass is 16.5. The number of aryl methyl sites for hydroxylation is 2. The SMILES string of the molecule is CNc1cc(C(C)(C)C)nc(-c2c(C)noc2C)n1. The van der Waals surface area contributed by atoms with Gasteiger partial charge in [0, 0.05) is 18.5 Å². The summed E-state index contributed by atoms with van der Waals surface area (Å²) in [5.41, 5.74) is 2.64. The smallest absolute Gasteiger partial charge is 0.167 e. The number of anilines is 1. The standard InChI is InChI=1S/C14H20N4O/c1-8-12(9(2)19-18-8)13-16-10(14(3,4)5)7-11(15-6)17-13/h7H,1-6H3,(H,15,16,17). The molecule has 0 radical (unpaired) electrons. The summed E-state index contributed by atoms with van der Waals surface area (Å²) in [7, 11) is 1.85. The molecule has 102 valence electrons. The van der Waals surface area contributed by atoms with Crippen LogP contribution in [0.3, 0.4) is 0 Å². The van der Waals surface area contributed by atoms with Crippen LogP contribution >= 0.6 is 0 Å². The Labute approximate surface area is 113 Å². The molecule has 0 fully saturated rings. The van der Waals surface area contributed by atoms with Gasteiger partial charge in [0.1, 0.15) is 11.6 Å². The van der Waals surface area contributed by atoms with E-state index in [2.05, 4.69) is 41.2 Å². The van der Waals surface area contributed by atoms with Crippen LogP contribution in [0.15, 0.2) is 10.6 Å². The fourth-order valence-electron chi connectivity index (χ4n) is 1.87. The molecule has 0 aliphatic carbocycles. The molecule has 0 amide bonds. The molecule has 0 saturated carbocycles. The maximum absolute atomic E-state index is 5.20. The molecule has 0 aliphatic heterocycles. The lowest BCUT2D eigenvalue weighted by molar-refractivity contribution is 0.393. The topological polar surface area (TPSA) is 63.8 Å². The Bertz CT molecular complexity index is 576. The van der Waals surface area contributed by atoms with Crippen molar-refractivity contribution >= 4 is 5.82 Å². The lowest BCUT2D eigenvalue weighted by Gasteiger charge is -2.19. The van der Waals surface area contributed by atoms with Gasteiger partial charge in [-0.2, -0.15) is 0 Å². The highest BCUT2D eigenvalue weighted by Crippen LogP contribution is 2.28. The minimum absolute atomic E-state index is 0.0394. The first-order valence-corrected chi connectivity index (χ1v) is 6.33. The van der Waals surface area contributed by atoms with Crippen molar-refractivity contribution in [1.82, 2.24) is 15.1 Å². The molecule has 5 heteroatoms.